The Labute approximate surface area is 116 Å². The van der Waals surface area contributed by atoms with E-state index in [-0.39, 0.29) is 0 Å². The lowest BCUT2D eigenvalue weighted by molar-refractivity contribution is 0.317. The maximum absolute atomic E-state index is 5.63. The van der Waals surface area contributed by atoms with Crippen LogP contribution in [-0.2, 0) is 0 Å². The smallest absolute Gasteiger partial charge is 0.119 e. The van der Waals surface area contributed by atoms with Crippen LogP contribution in [0.3, 0.4) is 0 Å². The second kappa shape index (κ2) is 6.80. The SMILES string of the molecule is CCCOc1ccc(N2CCC(NC)CC2C)cc1. The van der Waals surface area contributed by atoms with E-state index >= 15 is 0 Å². The van der Waals surface area contributed by atoms with Gasteiger partial charge in [-0.1, -0.05) is 6.92 Å². The highest BCUT2D eigenvalue weighted by atomic mass is 16.5. The molecule has 1 aromatic carbocycles. The fourth-order valence-electron chi connectivity index (χ4n) is 2.77. The first-order valence-corrected chi connectivity index (χ1v) is 7.41. The number of hydrogen-bond acceptors (Lipinski definition) is 3. The Bertz CT molecular complexity index is 377. The Balaban J connectivity index is 1.98. The normalized spacial score (nSPS) is 23.4. The highest BCUT2D eigenvalue weighted by Gasteiger charge is 2.24. The first-order chi connectivity index (χ1) is 9.24. The molecule has 0 saturated carbocycles. The summed E-state index contributed by atoms with van der Waals surface area (Å²) >= 11 is 0. The predicted molar refractivity (Wildman–Crippen MR) is 81.1 cm³/mol. The fraction of sp³-hybridized carbons (Fsp3) is 0.625. The molecule has 2 rings (SSSR count). The molecule has 0 radical (unpaired) electrons. The summed E-state index contributed by atoms with van der Waals surface area (Å²) in [6.07, 6.45) is 3.48. The summed E-state index contributed by atoms with van der Waals surface area (Å²) in [6.45, 7) is 6.36. The molecule has 1 aromatic rings. The van der Waals surface area contributed by atoms with Crippen molar-refractivity contribution in [2.45, 2.75) is 45.2 Å². The molecule has 106 valence electrons. The van der Waals surface area contributed by atoms with Crippen molar-refractivity contribution in [2.75, 3.05) is 25.1 Å². The third kappa shape index (κ3) is 3.63. The molecular weight excluding hydrogens is 236 g/mol. The van der Waals surface area contributed by atoms with Crippen LogP contribution in [-0.4, -0.2) is 32.3 Å². The van der Waals surface area contributed by atoms with E-state index in [4.69, 9.17) is 4.74 Å². The Morgan fingerprint density at radius 3 is 2.63 bits per heavy atom. The number of ether oxygens (including phenoxy) is 1. The number of benzene rings is 1. The van der Waals surface area contributed by atoms with Gasteiger partial charge in [-0.15, -0.1) is 0 Å². The van der Waals surface area contributed by atoms with Gasteiger partial charge in [-0.2, -0.15) is 0 Å². The van der Waals surface area contributed by atoms with Crippen LogP contribution in [0.2, 0.25) is 0 Å². The van der Waals surface area contributed by atoms with Crippen LogP contribution in [0.25, 0.3) is 0 Å². The zero-order valence-corrected chi connectivity index (χ0v) is 12.4. The lowest BCUT2D eigenvalue weighted by Gasteiger charge is -2.39. The number of piperidine rings is 1. The molecule has 19 heavy (non-hydrogen) atoms. The largest absolute Gasteiger partial charge is 0.494 e. The maximum atomic E-state index is 5.63. The van der Waals surface area contributed by atoms with E-state index in [2.05, 4.69) is 55.4 Å². The molecule has 1 fully saturated rings. The number of rotatable bonds is 5. The molecule has 0 aromatic heterocycles. The quantitative estimate of drug-likeness (QED) is 0.882. The van der Waals surface area contributed by atoms with E-state index in [1.54, 1.807) is 0 Å². The van der Waals surface area contributed by atoms with Gasteiger partial charge in [-0.05, 0) is 57.5 Å². The van der Waals surface area contributed by atoms with Crippen molar-refractivity contribution in [2.24, 2.45) is 0 Å². The van der Waals surface area contributed by atoms with Crippen molar-refractivity contribution < 1.29 is 4.74 Å². The van der Waals surface area contributed by atoms with Crippen LogP contribution < -0.4 is 15.0 Å². The number of nitrogens with zero attached hydrogens (tertiary/aromatic N) is 1. The third-order valence-corrected chi connectivity index (χ3v) is 3.93. The van der Waals surface area contributed by atoms with Crippen LogP contribution in [0.1, 0.15) is 33.1 Å². The molecule has 3 nitrogen and oxygen atoms in total. The van der Waals surface area contributed by atoms with E-state index < -0.39 is 0 Å². The minimum atomic E-state index is 0.591. The summed E-state index contributed by atoms with van der Waals surface area (Å²) in [7, 11) is 2.06. The van der Waals surface area contributed by atoms with Crippen molar-refractivity contribution in [1.82, 2.24) is 5.32 Å². The second-order valence-corrected chi connectivity index (χ2v) is 5.39. The molecule has 1 saturated heterocycles. The van der Waals surface area contributed by atoms with Crippen LogP contribution in [0.4, 0.5) is 5.69 Å². The zero-order valence-electron chi connectivity index (χ0n) is 12.4. The van der Waals surface area contributed by atoms with Gasteiger partial charge in [0, 0.05) is 24.3 Å². The molecule has 1 N–H and O–H groups in total. The Morgan fingerprint density at radius 1 is 1.32 bits per heavy atom. The van der Waals surface area contributed by atoms with E-state index in [0.29, 0.717) is 12.1 Å². The number of hydrogen-bond donors (Lipinski definition) is 1. The molecule has 1 aliphatic heterocycles. The van der Waals surface area contributed by atoms with Crippen molar-refractivity contribution in [1.29, 1.82) is 0 Å². The van der Waals surface area contributed by atoms with Gasteiger partial charge in [0.2, 0.25) is 0 Å². The molecule has 3 heteroatoms. The maximum Gasteiger partial charge on any atom is 0.119 e. The van der Waals surface area contributed by atoms with Crippen molar-refractivity contribution >= 4 is 5.69 Å². The average Bonchev–Trinajstić information content (AvgIpc) is 2.45. The van der Waals surface area contributed by atoms with Gasteiger partial charge in [-0.3, -0.25) is 0 Å². The van der Waals surface area contributed by atoms with Crippen molar-refractivity contribution in [3.8, 4) is 5.75 Å². The topological polar surface area (TPSA) is 24.5 Å². The lowest BCUT2D eigenvalue weighted by atomic mass is 9.98. The molecule has 0 amide bonds. The zero-order chi connectivity index (χ0) is 13.7. The minimum Gasteiger partial charge on any atom is -0.494 e. The van der Waals surface area contributed by atoms with Gasteiger partial charge in [0.05, 0.1) is 6.61 Å². The van der Waals surface area contributed by atoms with Crippen molar-refractivity contribution in [3.63, 3.8) is 0 Å². The summed E-state index contributed by atoms with van der Waals surface area (Å²) in [5.74, 6) is 0.975. The van der Waals surface area contributed by atoms with Crippen LogP contribution in [0.15, 0.2) is 24.3 Å². The molecular formula is C16H26N2O. The summed E-state index contributed by atoms with van der Waals surface area (Å²) < 4.78 is 5.63. The highest BCUT2D eigenvalue weighted by molar-refractivity contribution is 5.50. The Kier molecular flexibility index (Phi) is 5.08. The summed E-state index contributed by atoms with van der Waals surface area (Å²) in [4.78, 5) is 2.50. The average molecular weight is 262 g/mol. The minimum absolute atomic E-state index is 0.591. The second-order valence-electron chi connectivity index (χ2n) is 5.39. The van der Waals surface area contributed by atoms with Crippen LogP contribution in [0, 0.1) is 0 Å². The molecule has 0 spiro atoms. The first-order valence-electron chi connectivity index (χ1n) is 7.41. The van der Waals surface area contributed by atoms with Gasteiger partial charge >= 0.3 is 0 Å². The third-order valence-electron chi connectivity index (χ3n) is 3.93. The molecule has 1 heterocycles. The molecule has 0 bridgehead atoms. The van der Waals surface area contributed by atoms with Gasteiger partial charge in [0.25, 0.3) is 0 Å². The standard InChI is InChI=1S/C16H26N2O/c1-4-11-19-16-7-5-15(6-8-16)18-10-9-14(17-3)12-13(18)2/h5-8,13-14,17H,4,9-12H2,1-3H3. The summed E-state index contributed by atoms with van der Waals surface area (Å²) in [5, 5.41) is 3.39. The lowest BCUT2D eigenvalue weighted by Crippen LogP contribution is -2.46. The molecule has 0 aliphatic carbocycles. The van der Waals surface area contributed by atoms with Gasteiger partial charge in [0.15, 0.2) is 0 Å². The summed E-state index contributed by atoms with van der Waals surface area (Å²) in [6, 6.07) is 9.79. The van der Waals surface area contributed by atoms with E-state index in [1.807, 2.05) is 0 Å². The number of nitrogens with one attached hydrogen (secondary N) is 1. The first kappa shape index (κ1) is 14.2. The highest BCUT2D eigenvalue weighted by Crippen LogP contribution is 2.26. The summed E-state index contributed by atoms with van der Waals surface area (Å²) in [5.41, 5.74) is 1.31. The van der Waals surface area contributed by atoms with Gasteiger partial charge in [-0.25, -0.2) is 0 Å². The van der Waals surface area contributed by atoms with E-state index in [1.165, 1.54) is 18.5 Å². The van der Waals surface area contributed by atoms with Crippen LogP contribution in [0.5, 0.6) is 5.75 Å². The van der Waals surface area contributed by atoms with Gasteiger partial charge in [0.1, 0.15) is 5.75 Å². The predicted octanol–water partition coefficient (Wildman–Crippen LogP) is 3.05. The number of anilines is 1. The Hall–Kier alpha value is -1.22. The molecule has 2 atom stereocenters. The van der Waals surface area contributed by atoms with Crippen molar-refractivity contribution in [3.05, 3.63) is 24.3 Å². The van der Waals surface area contributed by atoms with E-state index in [9.17, 15) is 0 Å². The fourth-order valence-corrected chi connectivity index (χ4v) is 2.77. The van der Waals surface area contributed by atoms with E-state index in [0.717, 1.165) is 25.3 Å². The van der Waals surface area contributed by atoms with Gasteiger partial charge < -0.3 is 15.0 Å². The monoisotopic (exact) mass is 262 g/mol. The Morgan fingerprint density at radius 2 is 2.05 bits per heavy atom. The molecule has 1 aliphatic rings. The molecule has 2 unspecified atom stereocenters. The van der Waals surface area contributed by atoms with Crippen LogP contribution >= 0.6 is 0 Å².